The third-order valence-electron chi connectivity index (χ3n) is 3.54. The van der Waals surface area contributed by atoms with Crippen LogP contribution in [-0.4, -0.2) is 24.5 Å². The van der Waals surface area contributed by atoms with Crippen LogP contribution in [0.15, 0.2) is 42.5 Å². The molecule has 28 heavy (non-hydrogen) atoms. The van der Waals surface area contributed by atoms with Gasteiger partial charge in [-0.15, -0.1) is 0 Å². The molecule has 3 amide bonds. The number of carbonyl (C=O) groups excluding carboxylic acids is 3. The zero-order valence-corrected chi connectivity index (χ0v) is 15.1. The molecule has 4 N–H and O–H groups in total. The Balaban J connectivity index is 1.94. The Bertz CT molecular complexity index is 895. The van der Waals surface area contributed by atoms with Gasteiger partial charge in [-0.05, 0) is 23.8 Å². The lowest BCUT2D eigenvalue weighted by atomic mass is 10.0. The number of carbonyl (C=O) groups is 3. The van der Waals surface area contributed by atoms with Crippen molar-refractivity contribution in [1.82, 2.24) is 5.32 Å². The highest BCUT2D eigenvalue weighted by atomic mass is 35.5. The fourth-order valence-electron chi connectivity index (χ4n) is 2.32. The number of nitrogens with one attached hydrogen (secondary N) is 2. The van der Waals surface area contributed by atoms with Crippen LogP contribution in [0.2, 0.25) is 5.02 Å². The minimum atomic E-state index is -0.968. The number of hydrogen-bond donors (Lipinski definition) is 3. The lowest BCUT2D eigenvalue weighted by Gasteiger charge is -2.18. The molecule has 0 radical (unpaired) electrons. The first-order valence-corrected chi connectivity index (χ1v) is 8.35. The first kappa shape index (κ1) is 21.1. The molecule has 0 aliphatic carbocycles. The number of benzene rings is 2. The minimum Gasteiger partial charge on any atom is -0.455 e. The van der Waals surface area contributed by atoms with E-state index >= 15 is 0 Å². The van der Waals surface area contributed by atoms with Gasteiger partial charge < -0.3 is 21.1 Å². The zero-order chi connectivity index (χ0) is 20.7. The highest BCUT2D eigenvalue weighted by Gasteiger charge is 2.21. The SMILES string of the molecule is NC(=O)N[C@@H](CC(=O)OCC(=O)Nc1ccc(F)cc1F)c1ccccc1Cl. The van der Waals surface area contributed by atoms with Crippen LogP contribution in [0.4, 0.5) is 19.3 Å². The Kier molecular flexibility index (Phi) is 7.28. The maximum atomic E-state index is 13.5. The Morgan fingerprint density at radius 2 is 1.86 bits per heavy atom. The molecule has 7 nitrogen and oxygen atoms in total. The number of anilines is 1. The number of ether oxygens (including phenoxy) is 1. The summed E-state index contributed by atoms with van der Waals surface area (Å²) in [5.74, 6) is -3.41. The second-order valence-corrected chi connectivity index (χ2v) is 6.03. The second kappa shape index (κ2) is 9.65. The van der Waals surface area contributed by atoms with Gasteiger partial charge in [-0.3, -0.25) is 9.59 Å². The average Bonchev–Trinajstić information content (AvgIpc) is 2.62. The van der Waals surface area contributed by atoms with Crippen molar-refractivity contribution < 1.29 is 27.9 Å². The third-order valence-corrected chi connectivity index (χ3v) is 3.88. The number of nitrogens with two attached hydrogens (primary N) is 1. The van der Waals surface area contributed by atoms with E-state index in [1.165, 1.54) is 0 Å². The summed E-state index contributed by atoms with van der Waals surface area (Å²) in [6, 6.07) is 7.37. The number of halogens is 3. The molecule has 0 aliphatic heterocycles. The van der Waals surface area contributed by atoms with Crippen molar-refractivity contribution in [3.05, 3.63) is 64.7 Å². The number of rotatable bonds is 7. The van der Waals surface area contributed by atoms with Gasteiger partial charge in [-0.2, -0.15) is 0 Å². The van der Waals surface area contributed by atoms with Gasteiger partial charge in [0.15, 0.2) is 6.61 Å². The molecule has 2 aromatic rings. The van der Waals surface area contributed by atoms with Gasteiger partial charge in [0.05, 0.1) is 18.2 Å². The summed E-state index contributed by atoms with van der Waals surface area (Å²) in [4.78, 5) is 35.0. The summed E-state index contributed by atoms with van der Waals surface area (Å²) in [6.45, 7) is -0.707. The van der Waals surface area contributed by atoms with Gasteiger partial charge in [0.25, 0.3) is 5.91 Å². The van der Waals surface area contributed by atoms with Gasteiger partial charge >= 0.3 is 12.0 Å². The molecule has 0 saturated carbocycles. The van der Waals surface area contributed by atoms with Crippen LogP contribution in [0.25, 0.3) is 0 Å². The fourth-order valence-corrected chi connectivity index (χ4v) is 2.58. The quantitative estimate of drug-likeness (QED) is 0.608. The van der Waals surface area contributed by atoms with Crippen molar-refractivity contribution in [3.8, 4) is 0 Å². The smallest absolute Gasteiger partial charge is 0.312 e. The van der Waals surface area contributed by atoms with Crippen molar-refractivity contribution in [2.45, 2.75) is 12.5 Å². The summed E-state index contributed by atoms with van der Waals surface area (Å²) < 4.78 is 31.2. The molecule has 148 valence electrons. The molecule has 2 aromatic carbocycles. The van der Waals surface area contributed by atoms with E-state index in [1.54, 1.807) is 24.3 Å². The Morgan fingerprint density at radius 3 is 2.50 bits per heavy atom. The van der Waals surface area contributed by atoms with Crippen LogP contribution in [0.3, 0.4) is 0 Å². The number of primary amides is 1. The molecule has 1 atom stereocenters. The van der Waals surface area contributed by atoms with Crippen LogP contribution < -0.4 is 16.4 Å². The van der Waals surface area contributed by atoms with E-state index in [1.807, 2.05) is 0 Å². The van der Waals surface area contributed by atoms with Crippen molar-refractivity contribution in [3.63, 3.8) is 0 Å². The van der Waals surface area contributed by atoms with Crippen molar-refractivity contribution >= 4 is 35.2 Å². The molecular weight excluding hydrogens is 396 g/mol. The van der Waals surface area contributed by atoms with Crippen molar-refractivity contribution in [1.29, 1.82) is 0 Å². The summed E-state index contributed by atoms with van der Waals surface area (Å²) in [6.07, 6.45) is -0.342. The molecule has 0 aromatic heterocycles. The van der Waals surface area contributed by atoms with E-state index in [2.05, 4.69) is 10.6 Å². The lowest BCUT2D eigenvalue weighted by Crippen LogP contribution is -2.35. The lowest BCUT2D eigenvalue weighted by molar-refractivity contribution is -0.147. The van der Waals surface area contributed by atoms with E-state index < -0.39 is 42.2 Å². The Labute approximate surface area is 163 Å². The van der Waals surface area contributed by atoms with Gasteiger partial charge in [0.1, 0.15) is 11.6 Å². The Hall–Kier alpha value is -3.20. The first-order valence-electron chi connectivity index (χ1n) is 7.97. The van der Waals surface area contributed by atoms with E-state index in [0.29, 0.717) is 16.7 Å². The second-order valence-electron chi connectivity index (χ2n) is 5.62. The molecule has 0 aliphatic rings. The number of hydrogen-bond acceptors (Lipinski definition) is 4. The first-order chi connectivity index (χ1) is 13.3. The average molecular weight is 412 g/mol. The minimum absolute atomic E-state index is 0.258. The normalized spacial score (nSPS) is 11.4. The number of urea groups is 1. The van der Waals surface area contributed by atoms with Crippen LogP contribution in [-0.2, 0) is 14.3 Å². The van der Waals surface area contributed by atoms with Crippen LogP contribution in [0.5, 0.6) is 0 Å². The predicted octanol–water partition coefficient (Wildman–Crippen LogP) is 2.90. The van der Waals surface area contributed by atoms with Crippen LogP contribution in [0, 0.1) is 11.6 Å². The monoisotopic (exact) mass is 411 g/mol. The van der Waals surface area contributed by atoms with Gasteiger partial charge in [0, 0.05) is 11.1 Å². The van der Waals surface area contributed by atoms with Gasteiger partial charge in [0.2, 0.25) is 0 Å². The molecule has 2 rings (SSSR count). The summed E-state index contributed by atoms with van der Waals surface area (Å²) in [5, 5.41) is 4.83. The van der Waals surface area contributed by atoms with E-state index in [-0.39, 0.29) is 12.1 Å². The predicted molar refractivity (Wildman–Crippen MR) is 97.5 cm³/mol. The summed E-state index contributed by atoms with van der Waals surface area (Å²) in [7, 11) is 0. The van der Waals surface area contributed by atoms with E-state index in [9.17, 15) is 23.2 Å². The fraction of sp³-hybridized carbons (Fsp3) is 0.167. The highest BCUT2D eigenvalue weighted by Crippen LogP contribution is 2.25. The third kappa shape index (κ3) is 6.20. The molecule has 0 bridgehead atoms. The molecular formula is C18H16ClF2N3O4. The molecule has 0 saturated heterocycles. The summed E-state index contributed by atoms with van der Waals surface area (Å²) in [5.41, 5.74) is 5.30. The largest absolute Gasteiger partial charge is 0.455 e. The van der Waals surface area contributed by atoms with Crippen molar-refractivity contribution in [2.24, 2.45) is 5.73 Å². The highest BCUT2D eigenvalue weighted by molar-refractivity contribution is 6.31. The van der Waals surface area contributed by atoms with E-state index in [4.69, 9.17) is 22.1 Å². The number of amides is 3. The molecule has 0 spiro atoms. The zero-order valence-electron chi connectivity index (χ0n) is 14.4. The maximum Gasteiger partial charge on any atom is 0.312 e. The number of esters is 1. The van der Waals surface area contributed by atoms with Crippen LogP contribution >= 0.6 is 11.6 Å². The molecule has 0 fully saturated rings. The summed E-state index contributed by atoms with van der Waals surface area (Å²) >= 11 is 6.06. The van der Waals surface area contributed by atoms with Gasteiger partial charge in [-0.1, -0.05) is 29.8 Å². The topological polar surface area (TPSA) is 111 Å². The van der Waals surface area contributed by atoms with Gasteiger partial charge in [-0.25, -0.2) is 13.6 Å². The maximum absolute atomic E-state index is 13.5. The Morgan fingerprint density at radius 1 is 1.14 bits per heavy atom. The molecule has 0 unspecified atom stereocenters. The standard InChI is InChI=1S/C18H16ClF2N3O4/c19-12-4-2-1-3-11(12)15(24-18(22)27)8-17(26)28-9-16(25)23-14-6-5-10(20)7-13(14)21/h1-7,15H,8-9H2,(H,23,25)(H3,22,24,27)/t15-/m0/s1. The van der Waals surface area contributed by atoms with Crippen molar-refractivity contribution in [2.75, 3.05) is 11.9 Å². The van der Waals surface area contributed by atoms with E-state index in [0.717, 1.165) is 12.1 Å². The molecule has 10 heteroatoms. The van der Waals surface area contributed by atoms with Crippen LogP contribution in [0.1, 0.15) is 18.0 Å². The molecule has 0 heterocycles.